The highest BCUT2D eigenvalue weighted by Crippen LogP contribution is 2.23. The third-order valence-electron chi connectivity index (χ3n) is 2.40. The molecule has 76 valence electrons. The molecule has 0 radical (unpaired) electrons. The van der Waals surface area contributed by atoms with Crippen LogP contribution >= 0.6 is 15.9 Å². The molecule has 0 bridgehead atoms. The van der Waals surface area contributed by atoms with Crippen LogP contribution in [0.3, 0.4) is 0 Å². The van der Waals surface area contributed by atoms with Crippen LogP contribution in [0, 0.1) is 5.82 Å². The van der Waals surface area contributed by atoms with Crippen LogP contribution in [0.4, 0.5) is 4.39 Å². The Morgan fingerprint density at radius 3 is 2.93 bits per heavy atom. The first-order valence-electron chi connectivity index (χ1n) is 4.67. The minimum atomic E-state index is -0.159. The lowest BCUT2D eigenvalue weighted by atomic mass is 10.1. The molecule has 0 unspecified atom stereocenters. The van der Waals surface area contributed by atoms with Gasteiger partial charge in [0.1, 0.15) is 5.82 Å². The molecular formula is C10H12BrFN2. The minimum absolute atomic E-state index is 0.0845. The molecule has 1 aromatic carbocycles. The summed E-state index contributed by atoms with van der Waals surface area (Å²) < 4.78 is 14.2. The fraction of sp³-hybridized carbons (Fsp3) is 0.400. The molecule has 1 heterocycles. The Hall–Kier alpha value is -0.450. The minimum Gasteiger partial charge on any atom is -0.314 e. The van der Waals surface area contributed by atoms with E-state index in [2.05, 4.69) is 26.6 Å². The van der Waals surface area contributed by atoms with Crippen molar-refractivity contribution < 1.29 is 4.39 Å². The Labute approximate surface area is 91.0 Å². The molecule has 1 aliphatic rings. The van der Waals surface area contributed by atoms with Gasteiger partial charge in [0.2, 0.25) is 0 Å². The van der Waals surface area contributed by atoms with Crippen LogP contribution in [-0.4, -0.2) is 19.6 Å². The van der Waals surface area contributed by atoms with Gasteiger partial charge in [0.15, 0.2) is 0 Å². The van der Waals surface area contributed by atoms with E-state index >= 15 is 0 Å². The lowest BCUT2D eigenvalue weighted by Crippen LogP contribution is -2.42. The molecule has 2 nitrogen and oxygen atoms in total. The second-order valence-corrected chi connectivity index (χ2v) is 4.21. The Balaban J connectivity index is 2.26. The van der Waals surface area contributed by atoms with E-state index in [-0.39, 0.29) is 11.9 Å². The van der Waals surface area contributed by atoms with Gasteiger partial charge in [-0.2, -0.15) is 0 Å². The van der Waals surface area contributed by atoms with Gasteiger partial charge in [0.25, 0.3) is 0 Å². The van der Waals surface area contributed by atoms with E-state index in [0.29, 0.717) is 4.47 Å². The quantitative estimate of drug-likeness (QED) is 0.803. The SMILES string of the molecule is Fc1c(Br)cccc1[C@@H]1CNCCN1. The maximum absolute atomic E-state index is 13.7. The molecule has 1 aromatic rings. The monoisotopic (exact) mass is 258 g/mol. The van der Waals surface area contributed by atoms with E-state index in [0.717, 1.165) is 25.2 Å². The van der Waals surface area contributed by atoms with Gasteiger partial charge in [-0.3, -0.25) is 0 Å². The van der Waals surface area contributed by atoms with Crippen molar-refractivity contribution >= 4 is 15.9 Å². The van der Waals surface area contributed by atoms with Gasteiger partial charge in [-0.05, 0) is 22.0 Å². The zero-order valence-electron chi connectivity index (χ0n) is 7.69. The predicted octanol–water partition coefficient (Wildman–Crippen LogP) is 1.82. The van der Waals surface area contributed by atoms with E-state index < -0.39 is 0 Å². The summed E-state index contributed by atoms with van der Waals surface area (Å²) in [7, 11) is 0. The number of benzene rings is 1. The fourth-order valence-corrected chi connectivity index (χ4v) is 2.04. The zero-order valence-corrected chi connectivity index (χ0v) is 9.27. The standard InChI is InChI=1S/C10H12BrFN2/c11-8-3-1-2-7(10(8)12)9-6-13-4-5-14-9/h1-3,9,13-14H,4-6H2/t9-/m0/s1. The van der Waals surface area contributed by atoms with Gasteiger partial charge < -0.3 is 10.6 Å². The molecule has 1 aliphatic heterocycles. The average Bonchev–Trinajstić information content (AvgIpc) is 2.23. The van der Waals surface area contributed by atoms with E-state index in [9.17, 15) is 4.39 Å². The third kappa shape index (κ3) is 1.97. The smallest absolute Gasteiger partial charge is 0.142 e. The Kier molecular flexibility index (Phi) is 3.15. The number of hydrogen-bond donors (Lipinski definition) is 2. The van der Waals surface area contributed by atoms with Crippen molar-refractivity contribution in [2.75, 3.05) is 19.6 Å². The van der Waals surface area contributed by atoms with E-state index in [1.807, 2.05) is 12.1 Å². The Morgan fingerprint density at radius 2 is 2.21 bits per heavy atom. The second kappa shape index (κ2) is 4.38. The highest BCUT2D eigenvalue weighted by molar-refractivity contribution is 9.10. The van der Waals surface area contributed by atoms with Crippen molar-refractivity contribution in [1.29, 1.82) is 0 Å². The van der Waals surface area contributed by atoms with Gasteiger partial charge in [0.05, 0.1) is 4.47 Å². The summed E-state index contributed by atoms with van der Waals surface area (Å²) in [5.41, 5.74) is 0.728. The lowest BCUT2D eigenvalue weighted by molar-refractivity contribution is 0.416. The number of rotatable bonds is 1. The number of piperazine rings is 1. The molecule has 2 N–H and O–H groups in total. The number of hydrogen-bond acceptors (Lipinski definition) is 2. The van der Waals surface area contributed by atoms with Crippen molar-refractivity contribution in [2.24, 2.45) is 0 Å². The molecular weight excluding hydrogens is 247 g/mol. The van der Waals surface area contributed by atoms with Crippen LogP contribution in [0.1, 0.15) is 11.6 Å². The van der Waals surface area contributed by atoms with E-state index in [1.165, 1.54) is 0 Å². The first kappa shape index (κ1) is 10.1. The first-order valence-corrected chi connectivity index (χ1v) is 5.46. The van der Waals surface area contributed by atoms with Crippen LogP contribution < -0.4 is 10.6 Å². The number of halogens is 2. The molecule has 1 fully saturated rings. The average molecular weight is 259 g/mol. The third-order valence-corrected chi connectivity index (χ3v) is 3.01. The van der Waals surface area contributed by atoms with Crippen LogP contribution in [0.5, 0.6) is 0 Å². The lowest BCUT2D eigenvalue weighted by Gasteiger charge is -2.25. The topological polar surface area (TPSA) is 24.1 Å². The van der Waals surface area contributed by atoms with Gasteiger partial charge in [0, 0.05) is 31.2 Å². The Bertz CT molecular complexity index is 324. The molecule has 4 heteroatoms. The molecule has 0 amide bonds. The second-order valence-electron chi connectivity index (χ2n) is 3.35. The van der Waals surface area contributed by atoms with E-state index in [1.54, 1.807) is 6.07 Å². The Morgan fingerprint density at radius 1 is 1.36 bits per heavy atom. The molecule has 0 aromatic heterocycles. The van der Waals surface area contributed by atoms with Gasteiger partial charge in [-0.25, -0.2) is 4.39 Å². The molecule has 1 saturated heterocycles. The molecule has 1 atom stereocenters. The normalized spacial score (nSPS) is 22.3. The van der Waals surface area contributed by atoms with Crippen molar-refractivity contribution in [1.82, 2.24) is 10.6 Å². The van der Waals surface area contributed by atoms with Crippen LogP contribution in [0.25, 0.3) is 0 Å². The fourth-order valence-electron chi connectivity index (χ4n) is 1.66. The summed E-state index contributed by atoms with van der Waals surface area (Å²) in [6, 6.07) is 5.49. The van der Waals surface area contributed by atoms with Crippen molar-refractivity contribution in [3.63, 3.8) is 0 Å². The highest BCUT2D eigenvalue weighted by Gasteiger charge is 2.18. The first-order chi connectivity index (χ1) is 6.79. The summed E-state index contributed by atoms with van der Waals surface area (Å²) in [6.45, 7) is 2.62. The summed E-state index contributed by atoms with van der Waals surface area (Å²) in [6.07, 6.45) is 0. The van der Waals surface area contributed by atoms with Gasteiger partial charge in [-0.1, -0.05) is 12.1 Å². The highest BCUT2D eigenvalue weighted by atomic mass is 79.9. The molecule has 2 rings (SSSR count). The summed E-state index contributed by atoms with van der Waals surface area (Å²) in [5, 5.41) is 6.52. The van der Waals surface area contributed by atoms with E-state index in [4.69, 9.17) is 0 Å². The van der Waals surface area contributed by atoms with Crippen molar-refractivity contribution in [2.45, 2.75) is 6.04 Å². The zero-order chi connectivity index (χ0) is 9.97. The summed E-state index contributed by atoms with van der Waals surface area (Å²) in [5.74, 6) is -0.159. The summed E-state index contributed by atoms with van der Waals surface area (Å²) in [4.78, 5) is 0. The molecule has 14 heavy (non-hydrogen) atoms. The van der Waals surface area contributed by atoms with Crippen LogP contribution in [0.15, 0.2) is 22.7 Å². The van der Waals surface area contributed by atoms with Crippen molar-refractivity contribution in [3.05, 3.63) is 34.1 Å². The maximum Gasteiger partial charge on any atom is 0.142 e. The molecule has 0 saturated carbocycles. The van der Waals surface area contributed by atoms with Gasteiger partial charge in [-0.15, -0.1) is 0 Å². The molecule has 0 spiro atoms. The molecule has 0 aliphatic carbocycles. The van der Waals surface area contributed by atoms with Crippen LogP contribution in [-0.2, 0) is 0 Å². The van der Waals surface area contributed by atoms with Crippen molar-refractivity contribution in [3.8, 4) is 0 Å². The summed E-state index contributed by atoms with van der Waals surface area (Å²) >= 11 is 3.19. The van der Waals surface area contributed by atoms with Gasteiger partial charge >= 0.3 is 0 Å². The maximum atomic E-state index is 13.7. The number of nitrogens with one attached hydrogen (secondary N) is 2. The largest absolute Gasteiger partial charge is 0.314 e. The predicted molar refractivity (Wildman–Crippen MR) is 57.7 cm³/mol. The van der Waals surface area contributed by atoms with Crippen LogP contribution in [0.2, 0.25) is 0 Å².